The van der Waals surface area contributed by atoms with Gasteiger partial charge < -0.3 is 15.2 Å². The van der Waals surface area contributed by atoms with E-state index in [0.717, 1.165) is 19.2 Å². The van der Waals surface area contributed by atoms with E-state index in [1.807, 2.05) is 0 Å². The first-order valence-corrected chi connectivity index (χ1v) is 6.10. The van der Waals surface area contributed by atoms with Crippen LogP contribution in [-0.4, -0.2) is 18.1 Å². The number of carbonyl (C=O) groups excluding carboxylic acids is 1. The van der Waals surface area contributed by atoms with E-state index in [1.165, 1.54) is 0 Å². The number of anilines is 1. The fourth-order valence-electron chi connectivity index (χ4n) is 1.82. The van der Waals surface area contributed by atoms with Gasteiger partial charge in [-0.25, -0.2) is 8.78 Å². The summed E-state index contributed by atoms with van der Waals surface area (Å²) in [5.74, 6) is -3.20. The number of hydrogen-bond acceptors (Lipinski definition) is 3. The van der Waals surface area contributed by atoms with Crippen LogP contribution in [-0.2, 0) is 4.79 Å². The van der Waals surface area contributed by atoms with Crippen LogP contribution in [0.2, 0.25) is 0 Å². The molecule has 0 heterocycles. The molecule has 0 fully saturated rings. The molecule has 0 spiro atoms. The monoisotopic (exact) mass is 293 g/mol. The van der Waals surface area contributed by atoms with Crippen molar-refractivity contribution in [2.75, 3.05) is 12.4 Å². The number of rotatable bonds is 4. The van der Waals surface area contributed by atoms with E-state index in [0.29, 0.717) is 5.56 Å². The van der Waals surface area contributed by atoms with Crippen LogP contribution < -0.4 is 10.1 Å². The van der Waals surface area contributed by atoms with E-state index >= 15 is 0 Å². The van der Waals surface area contributed by atoms with Gasteiger partial charge in [-0.2, -0.15) is 0 Å². The molecule has 0 aliphatic rings. The standard InChI is InChI=1S/C15H13F2NO3/c1-21-14-11(16)7-10(8-12(14)17)18-15(20)13(19)9-5-3-2-4-6-9/h2-8,13,19H,1H3,(H,18,20). The average molecular weight is 293 g/mol. The van der Waals surface area contributed by atoms with E-state index in [-0.39, 0.29) is 5.69 Å². The van der Waals surface area contributed by atoms with Crippen molar-refractivity contribution in [1.82, 2.24) is 0 Å². The Morgan fingerprint density at radius 3 is 2.29 bits per heavy atom. The van der Waals surface area contributed by atoms with Gasteiger partial charge in [0.05, 0.1) is 7.11 Å². The molecule has 1 atom stereocenters. The number of carbonyl (C=O) groups is 1. The number of amides is 1. The zero-order valence-corrected chi connectivity index (χ0v) is 11.1. The third-order valence-corrected chi connectivity index (χ3v) is 2.83. The SMILES string of the molecule is COc1c(F)cc(NC(=O)C(O)c2ccccc2)cc1F. The summed E-state index contributed by atoms with van der Waals surface area (Å²) < 4.78 is 31.6. The fraction of sp³-hybridized carbons (Fsp3) is 0.133. The fourth-order valence-corrected chi connectivity index (χ4v) is 1.82. The summed E-state index contributed by atoms with van der Waals surface area (Å²) in [4.78, 5) is 11.9. The lowest BCUT2D eigenvalue weighted by molar-refractivity contribution is -0.124. The number of ether oxygens (including phenoxy) is 1. The van der Waals surface area contributed by atoms with E-state index in [1.54, 1.807) is 30.3 Å². The first kappa shape index (κ1) is 14.9. The van der Waals surface area contributed by atoms with Crippen LogP contribution in [0, 0.1) is 11.6 Å². The third kappa shape index (κ3) is 3.35. The lowest BCUT2D eigenvalue weighted by atomic mass is 10.1. The molecule has 1 amide bonds. The van der Waals surface area contributed by atoms with Crippen LogP contribution in [0.4, 0.5) is 14.5 Å². The molecular weight excluding hydrogens is 280 g/mol. The molecule has 2 aromatic rings. The first-order chi connectivity index (χ1) is 10.0. The van der Waals surface area contributed by atoms with E-state index in [4.69, 9.17) is 0 Å². The molecule has 2 N–H and O–H groups in total. The Hall–Kier alpha value is -2.47. The summed E-state index contributed by atoms with van der Waals surface area (Å²) in [5.41, 5.74) is 0.273. The summed E-state index contributed by atoms with van der Waals surface area (Å²) in [7, 11) is 1.14. The molecule has 4 nitrogen and oxygen atoms in total. The number of hydrogen-bond donors (Lipinski definition) is 2. The largest absolute Gasteiger partial charge is 0.491 e. The van der Waals surface area contributed by atoms with Crippen molar-refractivity contribution in [2.45, 2.75) is 6.10 Å². The molecule has 0 aliphatic heterocycles. The maximum atomic E-state index is 13.5. The minimum Gasteiger partial charge on any atom is -0.491 e. The van der Waals surface area contributed by atoms with Gasteiger partial charge in [-0.05, 0) is 5.56 Å². The summed E-state index contributed by atoms with van der Waals surface area (Å²) in [6.07, 6.45) is -1.43. The van der Waals surface area contributed by atoms with Crippen LogP contribution in [0.15, 0.2) is 42.5 Å². The third-order valence-electron chi connectivity index (χ3n) is 2.83. The molecule has 21 heavy (non-hydrogen) atoms. The second-order valence-corrected chi connectivity index (χ2v) is 4.28. The van der Waals surface area contributed by atoms with Gasteiger partial charge in [-0.15, -0.1) is 0 Å². The molecule has 6 heteroatoms. The number of aliphatic hydroxyl groups is 1. The number of aliphatic hydroxyl groups excluding tert-OH is 1. The summed E-state index contributed by atoms with van der Waals surface area (Å²) >= 11 is 0. The second kappa shape index (κ2) is 6.32. The lowest BCUT2D eigenvalue weighted by Crippen LogP contribution is -2.21. The maximum absolute atomic E-state index is 13.5. The Bertz CT molecular complexity index is 624. The average Bonchev–Trinajstić information content (AvgIpc) is 2.47. The van der Waals surface area contributed by atoms with Gasteiger partial charge in [-0.3, -0.25) is 4.79 Å². The highest BCUT2D eigenvalue weighted by molar-refractivity contribution is 5.94. The molecule has 0 radical (unpaired) electrons. The minimum absolute atomic E-state index is 0.106. The predicted molar refractivity (Wildman–Crippen MR) is 72.9 cm³/mol. The van der Waals surface area contributed by atoms with Gasteiger partial charge >= 0.3 is 0 Å². The van der Waals surface area contributed by atoms with Crippen LogP contribution >= 0.6 is 0 Å². The number of nitrogens with one attached hydrogen (secondary N) is 1. The Labute approximate surface area is 120 Å². The molecule has 110 valence electrons. The smallest absolute Gasteiger partial charge is 0.257 e. The number of methoxy groups -OCH3 is 1. The molecule has 0 aliphatic carbocycles. The second-order valence-electron chi connectivity index (χ2n) is 4.28. The Kier molecular flexibility index (Phi) is 4.49. The molecular formula is C15H13F2NO3. The summed E-state index contributed by atoms with van der Waals surface area (Å²) in [5, 5.41) is 12.1. The van der Waals surface area contributed by atoms with E-state index in [2.05, 4.69) is 10.1 Å². The van der Waals surface area contributed by atoms with Crippen LogP contribution in [0.3, 0.4) is 0 Å². The van der Waals surface area contributed by atoms with E-state index < -0.39 is 29.4 Å². The van der Waals surface area contributed by atoms with Crippen molar-refractivity contribution in [3.63, 3.8) is 0 Å². The quantitative estimate of drug-likeness (QED) is 0.911. The topological polar surface area (TPSA) is 58.6 Å². The Morgan fingerprint density at radius 1 is 1.19 bits per heavy atom. The van der Waals surface area contributed by atoms with Crippen molar-refractivity contribution in [1.29, 1.82) is 0 Å². The molecule has 2 rings (SSSR count). The van der Waals surface area contributed by atoms with Crippen molar-refractivity contribution in [3.8, 4) is 5.75 Å². The summed E-state index contributed by atoms with van der Waals surface area (Å²) in [6.45, 7) is 0. The highest BCUT2D eigenvalue weighted by atomic mass is 19.1. The van der Waals surface area contributed by atoms with Gasteiger partial charge in [0.25, 0.3) is 5.91 Å². The molecule has 0 saturated carbocycles. The molecule has 2 aromatic carbocycles. The predicted octanol–water partition coefficient (Wildman–Crippen LogP) is 2.65. The highest BCUT2D eigenvalue weighted by Gasteiger charge is 2.19. The van der Waals surface area contributed by atoms with Gasteiger partial charge in [0, 0.05) is 17.8 Å². The zero-order valence-electron chi connectivity index (χ0n) is 11.1. The zero-order chi connectivity index (χ0) is 15.4. The van der Waals surface area contributed by atoms with E-state index in [9.17, 15) is 18.7 Å². The van der Waals surface area contributed by atoms with Crippen molar-refractivity contribution >= 4 is 11.6 Å². The van der Waals surface area contributed by atoms with Crippen LogP contribution in [0.1, 0.15) is 11.7 Å². The molecule has 0 aromatic heterocycles. The highest BCUT2D eigenvalue weighted by Crippen LogP contribution is 2.26. The van der Waals surface area contributed by atoms with Gasteiger partial charge in [0.1, 0.15) is 0 Å². The van der Waals surface area contributed by atoms with Crippen LogP contribution in [0.25, 0.3) is 0 Å². The molecule has 1 unspecified atom stereocenters. The lowest BCUT2D eigenvalue weighted by Gasteiger charge is -2.12. The normalized spacial score (nSPS) is 11.8. The van der Waals surface area contributed by atoms with Gasteiger partial charge in [0.2, 0.25) is 0 Å². The molecule has 0 bridgehead atoms. The Balaban J connectivity index is 2.17. The maximum Gasteiger partial charge on any atom is 0.257 e. The summed E-state index contributed by atoms with van der Waals surface area (Å²) in [6, 6.07) is 10.0. The van der Waals surface area contributed by atoms with Crippen LogP contribution in [0.5, 0.6) is 5.75 Å². The number of halogens is 2. The van der Waals surface area contributed by atoms with Crippen molar-refractivity contribution in [2.24, 2.45) is 0 Å². The van der Waals surface area contributed by atoms with Gasteiger partial charge in [-0.1, -0.05) is 30.3 Å². The molecule has 0 saturated heterocycles. The minimum atomic E-state index is -1.43. The first-order valence-electron chi connectivity index (χ1n) is 6.10. The van der Waals surface area contributed by atoms with Crippen molar-refractivity contribution < 1.29 is 23.4 Å². The Morgan fingerprint density at radius 2 is 1.76 bits per heavy atom. The number of benzene rings is 2. The van der Waals surface area contributed by atoms with Crippen molar-refractivity contribution in [3.05, 3.63) is 59.7 Å². The van der Waals surface area contributed by atoms with Gasteiger partial charge in [0.15, 0.2) is 23.5 Å².